The first-order valence-corrected chi connectivity index (χ1v) is 8.18. The second-order valence-electron chi connectivity index (χ2n) is 6.07. The summed E-state index contributed by atoms with van der Waals surface area (Å²) in [5, 5.41) is 21.5. The maximum absolute atomic E-state index is 11.3. The van der Waals surface area contributed by atoms with E-state index in [9.17, 15) is 15.2 Å². The van der Waals surface area contributed by atoms with Gasteiger partial charge >= 0.3 is 5.69 Å². The average Bonchev–Trinajstić information content (AvgIpc) is 2.62. The summed E-state index contributed by atoms with van der Waals surface area (Å²) >= 11 is 0. The fourth-order valence-corrected chi connectivity index (χ4v) is 2.73. The topological polar surface area (TPSA) is 75.7 Å². The highest BCUT2D eigenvalue weighted by molar-refractivity contribution is 5.87. The average molecular weight is 346 g/mol. The van der Waals surface area contributed by atoms with E-state index in [1.165, 1.54) is 12.3 Å². The van der Waals surface area contributed by atoms with E-state index in [-0.39, 0.29) is 11.4 Å². The molecule has 5 nitrogen and oxygen atoms in total. The number of phenols is 1. The second kappa shape index (κ2) is 7.61. The van der Waals surface area contributed by atoms with E-state index in [2.05, 4.69) is 4.99 Å². The van der Waals surface area contributed by atoms with E-state index in [0.717, 1.165) is 22.4 Å². The Bertz CT molecular complexity index is 966. The number of aryl methyl sites for hydroxylation is 1. The van der Waals surface area contributed by atoms with E-state index >= 15 is 0 Å². The summed E-state index contributed by atoms with van der Waals surface area (Å²) < 4.78 is 0. The zero-order valence-electron chi connectivity index (χ0n) is 14.3. The van der Waals surface area contributed by atoms with Crippen LogP contribution in [-0.4, -0.2) is 16.2 Å². The van der Waals surface area contributed by atoms with E-state index in [4.69, 9.17) is 0 Å². The van der Waals surface area contributed by atoms with Crippen molar-refractivity contribution in [1.29, 1.82) is 0 Å². The Kier molecular flexibility index (Phi) is 5.08. The molecule has 3 aromatic rings. The fraction of sp³-hybridized carbons (Fsp3) is 0.0952. The molecule has 0 aliphatic rings. The lowest BCUT2D eigenvalue weighted by Gasteiger charge is -2.06. The molecule has 3 aromatic carbocycles. The summed E-state index contributed by atoms with van der Waals surface area (Å²) in [6, 6.07) is 20.4. The zero-order chi connectivity index (χ0) is 18.5. The van der Waals surface area contributed by atoms with Crippen LogP contribution in [0.2, 0.25) is 0 Å². The van der Waals surface area contributed by atoms with E-state index in [1.807, 2.05) is 61.5 Å². The summed E-state index contributed by atoms with van der Waals surface area (Å²) in [5.74, 6) is -0.372. The molecule has 0 radical (unpaired) electrons. The van der Waals surface area contributed by atoms with Crippen LogP contribution >= 0.6 is 0 Å². The van der Waals surface area contributed by atoms with Crippen molar-refractivity contribution in [1.82, 2.24) is 0 Å². The van der Waals surface area contributed by atoms with Crippen LogP contribution in [0.1, 0.15) is 22.3 Å². The molecule has 0 unspecified atom stereocenters. The van der Waals surface area contributed by atoms with Gasteiger partial charge in [0.15, 0.2) is 0 Å². The highest BCUT2D eigenvalue weighted by Gasteiger charge is 2.18. The Morgan fingerprint density at radius 3 is 2.50 bits per heavy atom. The second-order valence-corrected chi connectivity index (χ2v) is 6.07. The van der Waals surface area contributed by atoms with Crippen molar-refractivity contribution < 1.29 is 10.0 Å². The number of hydrogen-bond acceptors (Lipinski definition) is 4. The summed E-state index contributed by atoms with van der Waals surface area (Å²) in [6.45, 7) is 1.96. The van der Waals surface area contributed by atoms with Crippen LogP contribution < -0.4 is 0 Å². The maximum atomic E-state index is 11.3. The van der Waals surface area contributed by atoms with Gasteiger partial charge in [-0.05, 0) is 48.2 Å². The van der Waals surface area contributed by atoms with Crippen LogP contribution in [0.5, 0.6) is 5.75 Å². The maximum Gasteiger partial charge on any atom is 0.311 e. The van der Waals surface area contributed by atoms with Gasteiger partial charge in [0.2, 0.25) is 5.75 Å². The number of nitro groups is 1. The van der Waals surface area contributed by atoms with Crippen LogP contribution in [0.3, 0.4) is 0 Å². The molecule has 0 spiro atoms. The Labute approximate surface area is 151 Å². The lowest BCUT2D eigenvalue weighted by Crippen LogP contribution is -1.97. The number of aromatic hydroxyl groups is 1. The summed E-state index contributed by atoms with van der Waals surface area (Å²) in [7, 11) is 0. The first-order valence-electron chi connectivity index (χ1n) is 8.18. The van der Waals surface area contributed by atoms with Gasteiger partial charge in [-0.2, -0.15) is 0 Å². The number of aliphatic imine (C=N–C) groups is 1. The predicted octanol–water partition coefficient (Wildman–Crippen LogP) is 4.95. The van der Waals surface area contributed by atoms with Gasteiger partial charge in [-0.3, -0.25) is 15.1 Å². The summed E-state index contributed by atoms with van der Waals surface area (Å²) in [5.41, 5.74) is 3.57. The minimum absolute atomic E-state index is 0.316. The van der Waals surface area contributed by atoms with Gasteiger partial charge < -0.3 is 5.11 Å². The number of phenolic OH excluding ortho intramolecular Hbond substituents is 1. The number of nitro benzene ring substituents is 1. The van der Waals surface area contributed by atoms with Crippen molar-refractivity contribution in [2.75, 3.05) is 0 Å². The molecular formula is C21H18N2O3. The van der Waals surface area contributed by atoms with E-state index < -0.39 is 4.92 Å². The highest BCUT2D eigenvalue weighted by atomic mass is 16.6. The molecule has 0 atom stereocenters. The van der Waals surface area contributed by atoms with E-state index in [0.29, 0.717) is 12.0 Å². The van der Waals surface area contributed by atoms with Crippen molar-refractivity contribution in [2.24, 2.45) is 4.99 Å². The van der Waals surface area contributed by atoms with Gasteiger partial charge in [0, 0.05) is 17.8 Å². The quantitative estimate of drug-likeness (QED) is 0.403. The lowest BCUT2D eigenvalue weighted by molar-refractivity contribution is -0.385. The molecule has 5 heteroatoms. The normalized spacial score (nSPS) is 11.0. The monoisotopic (exact) mass is 346 g/mol. The molecule has 0 aliphatic heterocycles. The molecule has 130 valence electrons. The summed E-state index contributed by atoms with van der Waals surface area (Å²) in [6.07, 6.45) is 2.00. The van der Waals surface area contributed by atoms with Crippen LogP contribution in [-0.2, 0) is 6.42 Å². The van der Waals surface area contributed by atoms with Crippen molar-refractivity contribution in [3.63, 3.8) is 0 Å². The minimum Gasteiger partial charge on any atom is -0.502 e. The molecule has 3 rings (SSSR count). The van der Waals surface area contributed by atoms with Gasteiger partial charge in [0.25, 0.3) is 0 Å². The Morgan fingerprint density at radius 1 is 1.04 bits per heavy atom. The van der Waals surface area contributed by atoms with Gasteiger partial charge in [-0.1, -0.05) is 42.5 Å². The van der Waals surface area contributed by atoms with Gasteiger partial charge in [0.1, 0.15) is 0 Å². The molecular weight excluding hydrogens is 328 g/mol. The molecule has 0 amide bonds. The standard InChI is InChI=1S/C21H18N2O3/c1-15-6-5-9-19(10-15)22-14-18-12-17(11-16-7-3-2-4-8-16)13-20(21(18)24)23(25)26/h2-10,12-14,24H,11H2,1H3. The molecule has 0 aliphatic carbocycles. The smallest absolute Gasteiger partial charge is 0.311 e. The molecule has 1 N–H and O–H groups in total. The predicted molar refractivity (Wildman–Crippen MR) is 102 cm³/mol. The number of benzene rings is 3. The van der Waals surface area contributed by atoms with Gasteiger partial charge in [-0.15, -0.1) is 0 Å². The van der Waals surface area contributed by atoms with Crippen molar-refractivity contribution >= 4 is 17.6 Å². The fourth-order valence-electron chi connectivity index (χ4n) is 2.73. The minimum atomic E-state index is -0.576. The molecule has 0 aromatic heterocycles. The Balaban J connectivity index is 1.99. The molecule has 0 fully saturated rings. The SMILES string of the molecule is Cc1cccc(N=Cc2cc(Cc3ccccc3)cc([N+](=O)[O-])c2O)c1. The number of rotatable bonds is 5. The zero-order valence-corrected chi connectivity index (χ0v) is 14.3. The number of hydrogen-bond donors (Lipinski definition) is 1. The summed E-state index contributed by atoms with van der Waals surface area (Å²) in [4.78, 5) is 15.1. The lowest BCUT2D eigenvalue weighted by atomic mass is 10.0. The molecule has 0 saturated carbocycles. The molecule has 0 bridgehead atoms. The van der Waals surface area contributed by atoms with Crippen LogP contribution in [0.25, 0.3) is 0 Å². The first-order chi connectivity index (χ1) is 12.5. The van der Waals surface area contributed by atoms with Gasteiger partial charge in [-0.25, -0.2) is 0 Å². The van der Waals surface area contributed by atoms with Crippen molar-refractivity contribution in [3.8, 4) is 5.75 Å². The molecule has 0 heterocycles. The van der Waals surface area contributed by atoms with E-state index in [1.54, 1.807) is 6.07 Å². The van der Waals surface area contributed by atoms with Crippen LogP contribution in [0, 0.1) is 17.0 Å². The largest absolute Gasteiger partial charge is 0.502 e. The number of nitrogens with zero attached hydrogens (tertiary/aromatic N) is 2. The van der Waals surface area contributed by atoms with Crippen LogP contribution in [0.4, 0.5) is 11.4 Å². The Morgan fingerprint density at radius 2 is 1.81 bits per heavy atom. The van der Waals surface area contributed by atoms with Gasteiger partial charge in [0.05, 0.1) is 10.6 Å². The molecule has 0 saturated heterocycles. The highest BCUT2D eigenvalue weighted by Crippen LogP contribution is 2.31. The third-order valence-electron chi connectivity index (χ3n) is 3.98. The third kappa shape index (κ3) is 4.13. The molecule has 26 heavy (non-hydrogen) atoms. The first kappa shape index (κ1) is 17.4. The third-order valence-corrected chi connectivity index (χ3v) is 3.98. The van der Waals surface area contributed by atoms with Crippen molar-refractivity contribution in [3.05, 3.63) is 99.1 Å². The van der Waals surface area contributed by atoms with Crippen LogP contribution in [0.15, 0.2) is 71.7 Å². The van der Waals surface area contributed by atoms with Crippen molar-refractivity contribution in [2.45, 2.75) is 13.3 Å². The Hall–Kier alpha value is -3.47.